The molecule has 1 aromatic heterocycles. The molecule has 0 N–H and O–H groups in total. The Morgan fingerprint density at radius 3 is 1.74 bits per heavy atom. The topological polar surface area (TPSA) is 11.4 Å². The van der Waals surface area contributed by atoms with Crippen LogP contribution in [0.5, 0.6) is 0 Å². The Bertz CT molecular complexity index is 3630. The number of fused-ring (bicyclic) bond motifs is 5. The Kier molecular flexibility index (Phi) is 12.2. The molecule has 0 radical (unpaired) electrons. The molecular formula is C69H70BN3. The van der Waals surface area contributed by atoms with Crippen molar-refractivity contribution in [1.82, 2.24) is 4.57 Å². The number of benzene rings is 7. The van der Waals surface area contributed by atoms with Gasteiger partial charge in [0.2, 0.25) is 0 Å². The molecule has 3 heterocycles. The number of aryl methyl sites for hydroxylation is 5. The van der Waals surface area contributed by atoms with Gasteiger partial charge in [0.25, 0.3) is 6.71 Å². The molecule has 0 amide bonds. The average Bonchev–Trinajstić information content (AvgIpc) is 3.65. The van der Waals surface area contributed by atoms with Crippen molar-refractivity contribution in [3.63, 3.8) is 0 Å². The molecule has 0 unspecified atom stereocenters. The van der Waals surface area contributed by atoms with Crippen molar-refractivity contribution < 1.29 is 0 Å². The minimum atomic E-state index is -0.170. The van der Waals surface area contributed by atoms with Crippen molar-refractivity contribution in [3.8, 4) is 5.69 Å². The van der Waals surface area contributed by atoms with E-state index in [1.165, 1.54) is 100 Å². The maximum Gasteiger partial charge on any atom is 0.252 e. The largest absolute Gasteiger partial charge is 0.311 e. The monoisotopic (exact) mass is 952 g/mol. The lowest BCUT2D eigenvalue weighted by atomic mass is 9.33. The van der Waals surface area contributed by atoms with Gasteiger partial charge < -0.3 is 14.4 Å². The minimum Gasteiger partial charge on any atom is -0.311 e. The van der Waals surface area contributed by atoms with Crippen LogP contribution in [0.3, 0.4) is 0 Å². The normalized spacial score (nSPS) is 13.5. The summed E-state index contributed by atoms with van der Waals surface area (Å²) in [4.78, 5) is 5.25. The first-order valence-electron chi connectivity index (χ1n) is 26.0. The van der Waals surface area contributed by atoms with Crippen LogP contribution in [0.4, 0.5) is 34.1 Å². The van der Waals surface area contributed by atoms with Gasteiger partial charge in [-0.15, -0.1) is 0 Å². The number of hydrogen-bond donors (Lipinski definition) is 0. The van der Waals surface area contributed by atoms with Crippen molar-refractivity contribution in [2.75, 3.05) is 9.80 Å². The van der Waals surface area contributed by atoms with Crippen molar-refractivity contribution >= 4 is 91.4 Å². The van der Waals surface area contributed by atoms with Gasteiger partial charge in [-0.05, 0) is 197 Å². The van der Waals surface area contributed by atoms with Crippen LogP contribution in [0.1, 0.15) is 117 Å². The summed E-state index contributed by atoms with van der Waals surface area (Å²) in [6.07, 6.45) is 8.47. The summed E-state index contributed by atoms with van der Waals surface area (Å²) >= 11 is 0. The second kappa shape index (κ2) is 18.2. The molecule has 2 aliphatic rings. The molecule has 3 nitrogen and oxygen atoms in total. The number of rotatable bonds is 9. The first-order valence-corrected chi connectivity index (χ1v) is 26.0. The van der Waals surface area contributed by atoms with E-state index in [1.54, 1.807) is 0 Å². The number of allylic oxidation sites excluding steroid dienone is 5. The molecule has 0 aliphatic carbocycles. The molecule has 0 spiro atoms. The lowest BCUT2D eigenvalue weighted by Gasteiger charge is -2.46. The van der Waals surface area contributed by atoms with Crippen molar-refractivity contribution in [2.24, 2.45) is 0 Å². The van der Waals surface area contributed by atoms with Crippen LogP contribution >= 0.6 is 0 Å². The molecule has 0 fully saturated rings. The van der Waals surface area contributed by atoms with E-state index < -0.39 is 0 Å². The van der Waals surface area contributed by atoms with E-state index >= 15 is 0 Å². The second-order valence-corrected chi connectivity index (χ2v) is 22.6. The zero-order valence-corrected chi connectivity index (χ0v) is 45.5. The predicted octanol–water partition coefficient (Wildman–Crippen LogP) is 17.2. The standard InChI is InChI=1S/C69H70BN3/c1-17-26-55-56-40-58-62(41-61(56)71(59(55)19-3)52-30-21-20-22-31-52)73(67-45(7)35-49(36-46(67)8)53(18-2)47(9)48(10)54-32-24-23-27-42(54)4)64-39-51(69(14,15)16)38-63-65(64)70(58)57-37-50(68(11,12)13)33-34-60(57)72(63)66-43(5)28-25-29-44(66)6/h17-41H,2-3,10H2,1,4-9,11-16H3/b26-17-,53-47+. The van der Waals surface area contributed by atoms with Crippen LogP contribution in [0.2, 0.25) is 0 Å². The summed E-state index contributed by atoms with van der Waals surface area (Å²) in [7, 11) is 0. The van der Waals surface area contributed by atoms with Crippen molar-refractivity contribution in [3.05, 3.63) is 226 Å². The van der Waals surface area contributed by atoms with Crippen LogP contribution in [0.25, 0.3) is 39.9 Å². The van der Waals surface area contributed by atoms with Gasteiger partial charge in [0.15, 0.2) is 0 Å². The van der Waals surface area contributed by atoms with Crippen molar-refractivity contribution in [1.29, 1.82) is 0 Å². The first kappa shape index (κ1) is 49.0. The van der Waals surface area contributed by atoms with Gasteiger partial charge in [-0.3, -0.25) is 0 Å². The fourth-order valence-electron chi connectivity index (χ4n) is 12.0. The maximum atomic E-state index is 4.65. The van der Waals surface area contributed by atoms with E-state index in [4.69, 9.17) is 0 Å². The Labute approximate surface area is 436 Å². The highest BCUT2D eigenvalue weighted by molar-refractivity contribution is 7.00. The minimum absolute atomic E-state index is 0.0741. The smallest absolute Gasteiger partial charge is 0.252 e. The van der Waals surface area contributed by atoms with E-state index in [0.717, 1.165) is 44.7 Å². The Morgan fingerprint density at radius 2 is 1.15 bits per heavy atom. The van der Waals surface area contributed by atoms with Gasteiger partial charge >= 0.3 is 0 Å². The molecule has 73 heavy (non-hydrogen) atoms. The average molecular weight is 952 g/mol. The zero-order valence-electron chi connectivity index (χ0n) is 45.5. The first-order chi connectivity index (χ1) is 34.8. The van der Waals surface area contributed by atoms with Crippen LogP contribution in [0, 0.1) is 34.6 Å². The highest BCUT2D eigenvalue weighted by atomic mass is 15.2. The molecule has 2 aliphatic heterocycles. The van der Waals surface area contributed by atoms with Gasteiger partial charge in [-0.25, -0.2) is 0 Å². The summed E-state index contributed by atoms with van der Waals surface area (Å²) in [5.74, 6) is 0. The molecule has 10 rings (SSSR count). The highest BCUT2D eigenvalue weighted by Crippen LogP contribution is 2.50. The fraction of sp³-hybridized carbons (Fsp3) is 0.217. The Hall–Kier alpha value is -7.56. The Morgan fingerprint density at radius 1 is 0.575 bits per heavy atom. The zero-order chi connectivity index (χ0) is 52.0. The third kappa shape index (κ3) is 7.98. The van der Waals surface area contributed by atoms with E-state index in [0.29, 0.717) is 0 Å². The number of nitrogens with zero attached hydrogens (tertiary/aromatic N) is 3. The predicted molar refractivity (Wildman–Crippen MR) is 321 cm³/mol. The SMILES string of the molecule is C=C/C(=C(/C)C(=C)c1ccccc1C)c1cc(C)c(N2c3cc4c(cc3B3c5cc(C(C)(C)C)ccc5N(c5c(C)cccc5C)c5cc(C(C)(C)C)cc2c53)c(/C=C\C)c(C=C)n4-c2ccccc2)c(C)c1. The van der Waals surface area contributed by atoms with E-state index in [9.17, 15) is 0 Å². The molecule has 0 saturated carbocycles. The van der Waals surface area contributed by atoms with E-state index in [1.807, 2.05) is 12.2 Å². The van der Waals surface area contributed by atoms with Crippen LogP contribution in [0.15, 0.2) is 165 Å². The molecular weight excluding hydrogens is 882 g/mol. The summed E-state index contributed by atoms with van der Waals surface area (Å²) in [5.41, 5.74) is 29.6. The van der Waals surface area contributed by atoms with Crippen LogP contribution in [-0.2, 0) is 10.8 Å². The molecule has 364 valence electrons. The molecule has 0 bridgehead atoms. The molecule has 0 saturated heterocycles. The van der Waals surface area contributed by atoms with E-state index in [2.05, 4.69) is 264 Å². The summed E-state index contributed by atoms with van der Waals surface area (Å²) in [5, 5.41) is 1.20. The molecule has 7 aromatic carbocycles. The summed E-state index contributed by atoms with van der Waals surface area (Å²) in [6, 6.07) is 48.2. The second-order valence-electron chi connectivity index (χ2n) is 22.6. The van der Waals surface area contributed by atoms with Crippen LogP contribution < -0.4 is 26.2 Å². The fourth-order valence-corrected chi connectivity index (χ4v) is 12.0. The number of anilines is 6. The van der Waals surface area contributed by atoms with Gasteiger partial charge in [0, 0.05) is 39.4 Å². The van der Waals surface area contributed by atoms with Gasteiger partial charge in [0.05, 0.1) is 22.6 Å². The van der Waals surface area contributed by atoms with Crippen LogP contribution in [-0.4, -0.2) is 11.3 Å². The van der Waals surface area contributed by atoms with Gasteiger partial charge in [0.1, 0.15) is 0 Å². The maximum absolute atomic E-state index is 4.65. The van der Waals surface area contributed by atoms with E-state index in [-0.39, 0.29) is 17.5 Å². The lowest BCUT2D eigenvalue weighted by molar-refractivity contribution is 0.590. The number of hydrogen-bond acceptors (Lipinski definition) is 2. The van der Waals surface area contributed by atoms with Gasteiger partial charge in [-0.2, -0.15) is 0 Å². The Balaban J connectivity index is 1.37. The molecule has 4 heteroatoms. The summed E-state index contributed by atoms with van der Waals surface area (Å²) in [6.45, 7) is 43.1. The molecule has 8 aromatic rings. The highest BCUT2D eigenvalue weighted by Gasteiger charge is 2.46. The third-order valence-electron chi connectivity index (χ3n) is 15.7. The quantitative estimate of drug-likeness (QED) is 0.106. The van der Waals surface area contributed by atoms with Gasteiger partial charge in [-0.1, -0.05) is 158 Å². The number of para-hydroxylation sites is 2. The third-order valence-corrected chi connectivity index (χ3v) is 15.7. The van der Waals surface area contributed by atoms with Crippen molar-refractivity contribution in [2.45, 2.75) is 101 Å². The molecule has 0 atom stereocenters. The summed E-state index contributed by atoms with van der Waals surface area (Å²) < 4.78 is 2.41. The lowest BCUT2D eigenvalue weighted by Crippen LogP contribution is -2.61. The number of aromatic nitrogens is 1.